The minimum atomic E-state index is -2.22. The van der Waals surface area contributed by atoms with Gasteiger partial charge in [-0.05, 0) is 27.7 Å². The van der Waals surface area contributed by atoms with Crippen LogP contribution in [0.3, 0.4) is 0 Å². The molecule has 0 aliphatic rings. The molecule has 0 saturated carbocycles. The van der Waals surface area contributed by atoms with Crippen molar-refractivity contribution in [1.29, 1.82) is 0 Å². The predicted molar refractivity (Wildman–Crippen MR) is 71.7 cm³/mol. The highest BCUT2D eigenvalue weighted by Crippen LogP contribution is 2.03. The molecule has 124 valence electrons. The van der Waals surface area contributed by atoms with Gasteiger partial charge in [-0.15, -0.1) is 0 Å². The van der Waals surface area contributed by atoms with Crippen molar-refractivity contribution in [2.24, 2.45) is 0 Å². The minimum absolute atomic E-state index is 0.0598. The van der Waals surface area contributed by atoms with Gasteiger partial charge in [0.1, 0.15) is 6.10 Å². The SMILES string of the molecule is CC(C)OCC(C)OCC(C)OC(=O)C(O)C(O)C(=O)O. The van der Waals surface area contributed by atoms with Crippen molar-refractivity contribution in [3.63, 3.8) is 0 Å². The molecule has 8 nitrogen and oxygen atoms in total. The molecule has 0 saturated heterocycles. The summed E-state index contributed by atoms with van der Waals surface area (Å²) in [5.41, 5.74) is 0. The first kappa shape index (κ1) is 19.8. The first-order chi connectivity index (χ1) is 9.65. The van der Waals surface area contributed by atoms with E-state index in [1.165, 1.54) is 6.92 Å². The van der Waals surface area contributed by atoms with Crippen molar-refractivity contribution in [1.82, 2.24) is 0 Å². The van der Waals surface area contributed by atoms with E-state index in [1.54, 1.807) is 6.92 Å². The minimum Gasteiger partial charge on any atom is -0.479 e. The van der Waals surface area contributed by atoms with Crippen LogP contribution in [0.5, 0.6) is 0 Å². The quantitative estimate of drug-likeness (QED) is 0.464. The van der Waals surface area contributed by atoms with E-state index < -0.39 is 30.3 Å². The highest BCUT2D eigenvalue weighted by molar-refractivity contribution is 5.84. The van der Waals surface area contributed by atoms with Gasteiger partial charge in [0, 0.05) is 0 Å². The van der Waals surface area contributed by atoms with Crippen molar-refractivity contribution in [2.75, 3.05) is 13.2 Å². The van der Waals surface area contributed by atoms with Crippen LogP contribution in [-0.4, -0.2) is 71.0 Å². The number of ether oxygens (including phenoxy) is 3. The number of carbonyl (C=O) groups is 2. The van der Waals surface area contributed by atoms with Crippen LogP contribution in [0.15, 0.2) is 0 Å². The number of hydrogen-bond acceptors (Lipinski definition) is 7. The Bertz CT molecular complexity index is 330. The Morgan fingerprint density at radius 1 is 0.905 bits per heavy atom. The number of hydrogen-bond donors (Lipinski definition) is 3. The van der Waals surface area contributed by atoms with Crippen molar-refractivity contribution in [3.05, 3.63) is 0 Å². The smallest absolute Gasteiger partial charge is 0.338 e. The van der Waals surface area contributed by atoms with Crippen LogP contribution >= 0.6 is 0 Å². The summed E-state index contributed by atoms with van der Waals surface area (Å²) < 4.78 is 15.5. The molecule has 0 amide bonds. The molecule has 0 radical (unpaired) electrons. The van der Waals surface area contributed by atoms with Crippen LogP contribution in [0, 0.1) is 0 Å². The van der Waals surface area contributed by atoms with Crippen LogP contribution in [0.1, 0.15) is 27.7 Å². The molecule has 0 aliphatic heterocycles. The summed E-state index contributed by atoms with van der Waals surface area (Å²) in [4.78, 5) is 21.8. The van der Waals surface area contributed by atoms with Gasteiger partial charge in [0.05, 0.1) is 25.4 Å². The third-order valence-corrected chi connectivity index (χ3v) is 2.39. The number of esters is 1. The molecule has 3 N–H and O–H groups in total. The lowest BCUT2D eigenvalue weighted by Crippen LogP contribution is -2.42. The summed E-state index contributed by atoms with van der Waals surface area (Å²) in [6.07, 6.45) is -5.17. The third kappa shape index (κ3) is 8.61. The van der Waals surface area contributed by atoms with E-state index in [2.05, 4.69) is 0 Å². The maximum absolute atomic E-state index is 11.4. The van der Waals surface area contributed by atoms with Crippen LogP contribution in [0.25, 0.3) is 0 Å². The maximum Gasteiger partial charge on any atom is 0.338 e. The average Bonchev–Trinajstić information content (AvgIpc) is 2.40. The monoisotopic (exact) mass is 308 g/mol. The Labute approximate surface area is 123 Å². The molecule has 0 heterocycles. The van der Waals surface area contributed by atoms with Crippen molar-refractivity contribution < 1.29 is 39.1 Å². The van der Waals surface area contributed by atoms with Gasteiger partial charge in [-0.25, -0.2) is 9.59 Å². The highest BCUT2D eigenvalue weighted by atomic mass is 16.6. The topological polar surface area (TPSA) is 123 Å². The Balaban J connectivity index is 4.05. The number of rotatable bonds is 10. The lowest BCUT2D eigenvalue weighted by Gasteiger charge is -2.20. The summed E-state index contributed by atoms with van der Waals surface area (Å²) in [6, 6.07) is 0. The van der Waals surface area contributed by atoms with Gasteiger partial charge in [-0.3, -0.25) is 0 Å². The average molecular weight is 308 g/mol. The van der Waals surface area contributed by atoms with E-state index in [0.717, 1.165) is 0 Å². The summed E-state index contributed by atoms with van der Waals surface area (Å²) >= 11 is 0. The Morgan fingerprint density at radius 2 is 1.43 bits per heavy atom. The molecule has 21 heavy (non-hydrogen) atoms. The molecule has 0 aliphatic carbocycles. The molecule has 0 fully saturated rings. The zero-order valence-electron chi connectivity index (χ0n) is 12.7. The van der Waals surface area contributed by atoms with Crippen molar-refractivity contribution in [2.45, 2.75) is 58.2 Å². The van der Waals surface area contributed by atoms with Crippen LogP contribution in [-0.2, 0) is 23.8 Å². The summed E-state index contributed by atoms with van der Waals surface area (Å²) in [6.45, 7) is 7.55. The molecule has 0 bridgehead atoms. The zero-order chi connectivity index (χ0) is 16.6. The highest BCUT2D eigenvalue weighted by Gasteiger charge is 2.32. The van der Waals surface area contributed by atoms with Crippen molar-refractivity contribution >= 4 is 11.9 Å². The predicted octanol–water partition coefficient (Wildman–Crippen LogP) is -0.445. The molecule has 4 atom stereocenters. The maximum atomic E-state index is 11.4. The fourth-order valence-electron chi connectivity index (χ4n) is 1.24. The van der Waals surface area contributed by atoms with Gasteiger partial charge in [0.25, 0.3) is 0 Å². The zero-order valence-corrected chi connectivity index (χ0v) is 12.7. The van der Waals surface area contributed by atoms with Gasteiger partial charge in [0.15, 0.2) is 12.2 Å². The van der Waals surface area contributed by atoms with Crippen LogP contribution in [0.4, 0.5) is 0 Å². The molecular formula is C13H24O8. The van der Waals surface area contributed by atoms with Crippen LogP contribution < -0.4 is 0 Å². The summed E-state index contributed by atoms with van der Waals surface area (Å²) in [5.74, 6) is -2.92. The standard InChI is InChI=1S/C13H24O8/c1-7(2)19-5-8(3)20-6-9(4)21-13(18)11(15)10(14)12(16)17/h7-11,14-15H,5-6H2,1-4H3,(H,16,17). The number of carboxylic acid groups (broad SMARTS) is 1. The number of aliphatic carboxylic acids is 1. The van der Waals surface area contributed by atoms with E-state index >= 15 is 0 Å². The number of carbonyl (C=O) groups excluding carboxylic acids is 1. The number of carboxylic acids is 1. The Morgan fingerprint density at radius 3 is 1.90 bits per heavy atom. The second-order valence-corrected chi connectivity index (χ2v) is 5.00. The summed E-state index contributed by atoms with van der Waals surface area (Å²) in [7, 11) is 0. The Hall–Kier alpha value is -1.22. The molecule has 0 aromatic carbocycles. The van der Waals surface area contributed by atoms with E-state index in [-0.39, 0.29) is 18.8 Å². The second kappa shape index (κ2) is 9.67. The first-order valence-electron chi connectivity index (χ1n) is 6.67. The molecule has 8 heteroatoms. The largest absolute Gasteiger partial charge is 0.479 e. The van der Waals surface area contributed by atoms with Crippen molar-refractivity contribution in [3.8, 4) is 0 Å². The lowest BCUT2D eigenvalue weighted by atomic mass is 10.2. The second-order valence-electron chi connectivity index (χ2n) is 5.00. The van der Waals surface area contributed by atoms with E-state index in [0.29, 0.717) is 6.61 Å². The number of aliphatic hydroxyl groups is 2. The van der Waals surface area contributed by atoms with Gasteiger partial charge < -0.3 is 29.5 Å². The molecule has 0 aromatic heterocycles. The van der Waals surface area contributed by atoms with E-state index in [9.17, 15) is 14.7 Å². The van der Waals surface area contributed by atoms with Gasteiger partial charge in [-0.2, -0.15) is 0 Å². The molecule has 0 spiro atoms. The van der Waals surface area contributed by atoms with Crippen LogP contribution in [0.2, 0.25) is 0 Å². The van der Waals surface area contributed by atoms with E-state index in [1.807, 2.05) is 13.8 Å². The molecule has 0 aromatic rings. The fourth-order valence-corrected chi connectivity index (χ4v) is 1.24. The normalized spacial score (nSPS) is 17.1. The fraction of sp³-hybridized carbons (Fsp3) is 0.846. The van der Waals surface area contributed by atoms with Gasteiger partial charge in [0.2, 0.25) is 0 Å². The number of aliphatic hydroxyl groups excluding tert-OH is 2. The first-order valence-corrected chi connectivity index (χ1v) is 6.67. The molecule has 4 unspecified atom stereocenters. The van der Waals surface area contributed by atoms with Gasteiger partial charge >= 0.3 is 11.9 Å². The third-order valence-electron chi connectivity index (χ3n) is 2.39. The summed E-state index contributed by atoms with van der Waals surface area (Å²) in [5, 5.41) is 26.7. The molecule has 0 rings (SSSR count). The molecular weight excluding hydrogens is 284 g/mol. The van der Waals surface area contributed by atoms with E-state index in [4.69, 9.17) is 24.4 Å². The lowest BCUT2D eigenvalue weighted by molar-refractivity contribution is -0.175. The Kier molecular flexibility index (Phi) is 9.11. The van der Waals surface area contributed by atoms with Gasteiger partial charge in [-0.1, -0.05) is 0 Å².